The van der Waals surface area contributed by atoms with E-state index in [0.717, 1.165) is 11.3 Å². The van der Waals surface area contributed by atoms with Gasteiger partial charge in [-0.1, -0.05) is 12.2 Å². The molecule has 0 aromatic heterocycles. The standard InChI is InChI=1S/C15H23N3OS/c1-10(14(19)17-15(2,3)4)18(5)12-8-6-11(7-9-12)13(16)20/h6-10H,1-5H3,(H2,16,20)(H,17,19). The second-order valence-electron chi connectivity index (χ2n) is 5.94. The second kappa shape index (κ2) is 6.22. The Bertz CT molecular complexity index is 491. The monoisotopic (exact) mass is 293 g/mol. The zero-order valence-electron chi connectivity index (χ0n) is 12.7. The molecule has 1 rings (SSSR count). The SMILES string of the molecule is CC(C(=O)NC(C)(C)C)N(C)c1ccc(C(N)=S)cc1. The van der Waals surface area contributed by atoms with Crippen LogP contribution in [0.25, 0.3) is 0 Å². The van der Waals surface area contributed by atoms with Crippen molar-refractivity contribution in [2.24, 2.45) is 5.73 Å². The molecule has 0 aliphatic rings. The number of hydrogen-bond donors (Lipinski definition) is 2. The van der Waals surface area contributed by atoms with Crippen LogP contribution in [0.2, 0.25) is 0 Å². The van der Waals surface area contributed by atoms with E-state index in [0.29, 0.717) is 4.99 Å². The number of likely N-dealkylation sites (N-methyl/N-ethyl adjacent to an activating group) is 1. The van der Waals surface area contributed by atoms with Crippen molar-refractivity contribution >= 4 is 28.8 Å². The number of nitrogens with zero attached hydrogens (tertiary/aromatic N) is 1. The molecule has 5 heteroatoms. The number of thiocarbonyl (C=S) groups is 1. The number of amides is 1. The lowest BCUT2D eigenvalue weighted by Gasteiger charge is -2.29. The smallest absolute Gasteiger partial charge is 0.242 e. The average Bonchev–Trinajstić information content (AvgIpc) is 2.35. The summed E-state index contributed by atoms with van der Waals surface area (Å²) in [6, 6.07) is 7.29. The molecule has 3 N–H and O–H groups in total. The van der Waals surface area contributed by atoms with Crippen molar-refractivity contribution in [1.82, 2.24) is 5.32 Å². The normalized spacial score (nSPS) is 12.7. The molecule has 0 radical (unpaired) electrons. The van der Waals surface area contributed by atoms with Gasteiger partial charge in [0.1, 0.15) is 11.0 Å². The molecule has 1 aromatic rings. The Labute approximate surface area is 126 Å². The fourth-order valence-electron chi connectivity index (χ4n) is 1.73. The first kappa shape index (κ1) is 16.4. The number of benzene rings is 1. The largest absolute Gasteiger partial charge is 0.389 e. The molecule has 1 amide bonds. The number of carbonyl (C=O) groups excluding carboxylic acids is 1. The summed E-state index contributed by atoms with van der Waals surface area (Å²) < 4.78 is 0. The Morgan fingerprint density at radius 3 is 2.20 bits per heavy atom. The van der Waals surface area contributed by atoms with Crippen LogP contribution in [0.4, 0.5) is 5.69 Å². The summed E-state index contributed by atoms with van der Waals surface area (Å²) in [5.41, 5.74) is 7.11. The number of carbonyl (C=O) groups is 1. The maximum absolute atomic E-state index is 12.2. The molecule has 1 aromatic carbocycles. The molecule has 110 valence electrons. The van der Waals surface area contributed by atoms with Crippen molar-refractivity contribution in [1.29, 1.82) is 0 Å². The molecule has 0 aliphatic carbocycles. The quantitative estimate of drug-likeness (QED) is 0.834. The van der Waals surface area contributed by atoms with Gasteiger partial charge in [0.15, 0.2) is 0 Å². The maximum Gasteiger partial charge on any atom is 0.242 e. The van der Waals surface area contributed by atoms with Crippen LogP contribution >= 0.6 is 12.2 Å². The minimum atomic E-state index is -0.259. The molecule has 0 bridgehead atoms. The summed E-state index contributed by atoms with van der Waals surface area (Å²) in [5.74, 6) is -0.00146. The summed E-state index contributed by atoms with van der Waals surface area (Å²) in [7, 11) is 1.89. The fraction of sp³-hybridized carbons (Fsp3) is 0.467. The Kier molecular flexibility index (Phi) is 5.11. The van der Waals surface area contributed by atoms with Crippen LogP contribution in [0.1, 0.15) is 33.3 Å². The summed E-state index contributed by atoms with van der Waals surface area (Å²) >= 11 is 4.92. The van der Waals surface area contributed by atoms with Crippen molar-refractivity contribution in [3.05, 3.63) is 29.8 Å². The lowest BCUT2D eigenvalue weighted by Crippen LogP contribution is -2.50. The van der Waals surface area contributed by atoms with Crippen LogP contribution in [-0.2, 0) is 4.79 Å². The first-order valence-electron chi connectivity index (χ1n) is 6.56. The third-order valence-electron chi connectivity index (χ3n) is 3.02. The number of hydrogen-bond acceptors (Lipinski definition) is 3. The van der Waals surface area contributed by atoms with Gasteiger partial charge >= 0.3 is 0 Å². The van der Waals surface area contributed by atoms with Gasteiger partial charge in [-0.25, -0.2) is 0 Å². The fourth-order valence-corrected chi connectivity index (χ4v) is 1.87. The predicted octanol–water partition coefficient (Wildman–Crippen LogP) is 2.06. The van der Waals surface area contributed by atoms with Crippen LogP contribution in [0.3, 0.4) is 0 Å². The Morgan fingerprint density at radius 1 is 1.30 bits per heavy atom. The highest BCUT2D eigenvalue weighted by atomic mass is 32.1. The van der Waals surface area contributed by atoms with E-state index in [1.807, 2.05) is 63.9 Å². The Hall–Kier alpha value is -1.62. The van der Waals surface area contributed by atoms with Crippen molar-refractivity contribution in [2.75, 3.05) is 11.9 Å². The minimum absolute atomic E-state index is 0.00146. The lowest BCUT2D eigenvalue weighted by molar-refractivity contribution is -0.123. The summed E-state index contributed by atoms with van der Waals surface area (Å²) in [5, 5.41) is 2.98. The van der Waals surface area contributed by atoms with E-state index in [9.17, 15) is 4.79 Å². The summed E-state index contributed by atoms with van der Waals surface area (Å²) in [6.07, 6.45) is 0. The summed E-state index contributed by atoms with van der Waals surface area (Å²) in [4.78, 5) is 14.4. The van der Waals surface area contributed by atoms with Gasteiger partial charge in [0.25, 0.3) is 0 Å². The van der Waals surface area contributed by atoms with Crippen LogP contribution < -0.4 is 16.0 Å². The second-order valence-corrected chi connectivity index (χ2v) is 6.38. The van der Waals surface area contributed by atoms with E-state index in [1.165, 1.54) is 0 Å². The highest BCUT2D eigenvalue weighted by Crippen LogP contribution is 2.17. The summed E-state index contributed by atoms with van der Waals surface area (Å²) in [6.45, 7) is 7.78. The van der Waals surface area contributed by atoms with Gasteiger partial charge in [-0.05, 0) is 52.0 Å². The van der Waals surface area contributed by atoms with Gasteiger partial charge in [0.2, 0.25) is 5.91 Å². The molecular formula is C15H23N3OS. The molecule has 4 nitrogen and oxygen atoms in total. The van der Waals surface area contributed by atoms with E-state index >= 15 is 0 Å². The molecule has 0 saturated carbocycles. The van der Waals surface area contributed by atoms with Crippen molar-refractivity contribution < 1.29 is 4.79 Å². The van der Waals surface area contributed by atoms with E-state index in [1.54, 1.807) is 0 Å². The third-order valence-corrected chi connectivity index (χ3v) is 3.25. The van der Waals surface area contributed by atoms with E-state index in [-0.39, 0.29) is 17.5 Å². The van der Waals surface area contributed by atoms with E-state index in [2.05, 4.69) is 5.32 Å². The number of nitrogens with one attached hydrogen (secondary N) is 1. The molecular weight excluding hydrogens is 270 g/mol. The first-order chi connectivity index (χ1) is 9.11. The van der Waals surface area contributed by atoms with Gasteiger partial charge in [-0.2, -0.15) is 0 Å². The molecule has 1 unspecified atom stereocenters. The van der Waals surface area contributed by atoms with Crippen LogP contribution in [0.15, 0.2) is 24.3 Å². The Morgan fingerprint density at radius 2 is 1.80 bits per heavy atom. The highest BCUT2D eigenvalue weighted by Gasteiger charge is 2.22. The zero-order chi connectivity index (χ0) is 15.5. The number of anilines is 1. The minimum Gasteiger partial charge on any atom is -0.389 e. The molecule has 1 atom stereocenters. The lowest BCUT2D eigenvalue weighted by atomic mass is 10.1. The number of nitrogens with two attached hydrogens (primary N) is 1. The topological polar surface area (TPSA) is 58.4 Å². The molecule has 0 fully saturated rings. The van der Waals surface area contributed by atoms with Crippen LogP contribution in [-0.4, -0.2) is 29.5 Å². The van der Waals surface area contributed by atoms with Crippen molar-refractivity contribution in [2.45, 2.75) is 39.3 Å². The average molecular weight is 293 g/mol. The van der Waals surface area contributed by atoms with Gasteiger partial charge in [0, 0.05) is 23.8 Å². The predicted molar refractivity (Wildman–Crippen MR) is 88.1 cm³/mol. The van der Waals surface area contributed by atoms with Crippen LogP contribution in [0.5, 0.6) is 0 Å². The van der Waals surface area contributed by atoms with Gasteiger partial charge in [-0.3, -0.25) is 4.79 Å². The Balaban J connectivity index is 2.80. The molecule has 20 heavy (non-hydrogen) atoms. The zero-order valence-corrected chi connectivity index (χ0v) is 13.5. The maximum atomic E-state index is 12.2. The first-order valence-corrected chi connectivity index (χ1v) is 6.97. The van der Waals surface area contributed by atoms with E-state index < -0.39 is 0 Å². The molecule has 0 aliphatic heterocycles. The molecule has 0 heterocycles. The van der Waals surface area contributed by atoms with Gasteiger partial charge < -0.3 is 16.0 Å². The van der Waals surface area contributed by atoms with Gasteiger partial charge in [0.05, 0.1) is 0 Å². The van der Waals surface area contributed by atoms with E-state index in [4.69, 9.17) is 18.0 Å². The molecule has 0 saturated heterocycles. The molecule has 0 spiro atoms. The number of rotatable bonds is 4. The van der Waals surface area contributed by atoms with Crippen LogP contribution in [0, 0.1) is 0 Å². The highest BCUT2D eigenvalue weighted by molar-refractivity contribution is 7.80. The third kappa shape index (κ3) is 4.49. The van der Waals surface area contributed by atoms with Gasteiger partial charge in [-0.15, -0.1) is 0 Å². The van der Waals surface area contributed by atoms with Crippen molar-refractivity contribution in [3.63, 3.8) is 0 Å². The van der Waals surface area contributed by atoms with Crippen molar-refractivity contribution in [3.8, 4) is 0 Å².